The zero-order chi connectivity index (χ0) is 22.4. The third-order valence-electron chi connectivity index (χ3n) is 4.12. The fourth-order valence-electron chi connectivity index (χ4n) is 2.64. The molecule has 2 aromatic rings. The van der Waals surface area contributed by atoms with E-state index in [2.05, 4.69) is 14.5 Å². The van der Waals surface area contributed by atoms with Crippen LogP contribution in [-0.4, -0.2) is 43.6 Å². The number of hydrogen-bond donors (Lipinski definition) is 0. The van der Waals surface area contributed by atoms with E-state index >= 15 is 0 Å². The third kappa shape index (κ3) is 5.60. The smallest absolute Gasteiger partial charge is 0.387 e. The largest absolute Gasteiger partial charge is 0.497 e. The second kappa shape index (κ2) is 10.1. The number of hydrogen-bond acceptors (Lipinski definition) is 7. The number of amides is 1. The van der Waals surface area contributed by atoms with Gasteiger partial charge in [0.1, 0.15) is 17.2 Å². The first kappa shape index (κ1) is 22.3. The summed E-state index contributed by atoms with van der Waals surface area (Å²) in [5, 5.41) is 0.262. The summed E-state index contributed by atoms with van der Waals surface area (Å²) in [6.07, 6.45) is 1.61. The lowest BCUT2D eigenvalue weighted by Crippen LogP contribution is -2.30. The van der Waals surface area contributed by atoms with Gasteiger partial charge in [0.25, 0.3) is 5.91 Å². The molecule has 0 fully saturated rings. The fourth-order valence-corrected chi connectivity index (χ4v) is 3.48. The van der Waals surface area contributed by atoms with Crippen molar-refractivity contribution in [3.05, 3.63) is 59.8 Å². The van der Waals surface area contributed by atoms with Gasteiger partial charge in [-0.3, -0.25) is 14.5 Å². The van der Waals surface area contributed by atoms with Crippen molar-refractivity contribution in [1.82, 2.24) is 0 Å². The highest BCUT2D eigenvalue weighted by Gasteiger charge is 2.32. The van der Waals surface area contributed by atoms with E-state index < -0.39 is 18.5 Å². The first-order valence-corrected chi connectivity index (χ1v) is 9.93. The number of esters is 1. The number of anilines is 1. The Bertz CT molecular complexity index is 1010. The second-order valence-electron chi connectivity index (χ2n) is 6.07. The molecule has 31 heavy (non-hydrogen) atoms. The van der Waals surface area contributed by atoms with Crippen molar-refractivity contribution in [2.75, 3.05) is 24.9 Å². The summed E-state index contributed by atoms with van der Waals surface area (Å²) in [7, 11) is 2.82. The molecule has 2 aromatic carbocycles. The normalized spacial score (nSPS) is 14.7. The van der Waals surface area contributed by atoms with Crippen LogP contribution in [-0.2, 0) is 14.3 Å². The van der Waals surface area contributed by atoms with E-state index in [-0.39, 0.29) is 22.4 Å². The SMILES string of the molecule is COC(=O)CSC1=NC(=Cc2ccc(OC)cc2)C(=O)N1c1ccc(OC(F)F)cc1. The topological polar surface area (TPSA) is 77.4 Å². The van der Waals surface area contributed by atoms with E-state index in [9.17, 15) is 18.4 Å². The summed E-state index contributed by atoms with van der Waals surface area (Å²) in [5.41, 5.74) is 1.28. The van der Waals surface area contributed by atoms with Crippen molar-refractivity contribution in [2.45, 2.75) is 6.61 Å². The van der Waals surface area contributed by atoms with E-state index in [1.807, 2.05) is 0 Å². The molecule has 0 saturated heterocycles. The van der Waals surface area contributed by atoms with Crippen LogP contribution in [0.2, 0.25) is 0 Å². The molecule has 3 rings (SSSR count). The molecule has 10 heteroatoms. The van der Waals surface area contributed by atoms with Crippen molar-refractivity contribution in [3.63, 3.8) is 0 Å². The zero-order valence-electron chi connectivity index (χ0n) is 16.6. The molecule has 0 saturated carbocycles. The lowest BCUT2D eigenvalue weighted by Gasteiger charge is -2.18. The van der Waals surface area contributed by atoms with Crippen LogP contribution in [0, 0.1) is 0 Å². The van der Waals surface area contributed by atoms with Crippen LogP contribution < -0.4 is 14.4 Å². The van der Waals surface area contributed by atoms with Gasteiger partial charge in [-0.2, -0.15) is 8.78 Å². The van der Waals surface area contributed by atoms with Crippen molar-refractivity contribution in [2.24, 2.45) is 4.99 Å². The van der Waals surface area contributed by atoms with Crippen LogP contribution in [0.1, 0.15) is 5.56 Å². The first-order valence-electron chi connectivity index (χ1n) is 8.94. The average molecular weight is 448 g/mol. The van der Waals surface area contributed by atoms with Crippen molar-refractivity contribution >= 4 is 40.6 Å². The van der Waals surface area contributed by atoms with Gasteiger partial charge < -0.3 is 14.2 Å². The van der Waals surface area contributed by atoms with E-state index in [0.717, 1.165) is 17.3 Å². The molecule has 0 spiro atoms. The molecule has 0 N–H and O–H groups in total. The molecule has 1 amide bonds. The van der Waals surface area contributed by atoms with Crippen molar-refractivity contribution in [3.8, 4) is 11.5 Å². The van der Waals surface area contributed by atoms with E-state index in [1.165, 1.54) is 36.3 Å². The predicted molar refractivity (Wildman–Crippen MR) is 113 cm³/mol. The van der Waals surface area contributed by atoms with Gasteiger partial charge in [0.2, 0.25) is 0 Å². The van der Waals surface area contributed by atoms with Gasteiger partial charge in [-0.25, -0.2) is 4.99 Å². The Morgan fingerprint density at radius 3 is 2.32 bits per heavy atom. The summed E-state index contributed by atoms with van der Waals surface area (Å²) in [4.78, 5) is 30.3. The lowest BCUT2D eigenvalue weighted by molar-refractivity contribution is -0.137. The summed E-state index contributed by atoms with van der Waals surface area (Å²) in [5.74, 6) is -0.328. The Labute approximate surface area is 181 Å². The van der Waals surface area contributed by atoms with Gasteiger partial charge in [-0.1, -0.05) is 23.9 Å². The Balaban J connectivity index is 1.90. The number of thioether (sulfide) groups is 1. The predicted octanol–water partition coefficient (Wildman–Crippen LogP) is 3.95. The number of benzene rings is 2. The highest BCUT2D eigenvalue weighted by Crippen LogP contribution is 2.31. The van der Waals surface area contributed by atoms with Gasteiger partial charge in [0.15, 0.2) is 5.17 Å². The van der Waals surface area contributed by atoms with Gasteiger partial charge in [-0.05, 0) is 48.0 Å². The van der Waals surface area contributed by atoms with Crippen LogP contribution >= 0.6 is 11.8 Å². The number of ether oxygens (including phenoxy) is 3. The van der Waals surface area contributed by atoms with Crippen LogP contribution in [0.5, 0.6) is 11.5 Å². The number of aliphatic imine (C=N–C) groups is 1. The number of carbonyl (C=O) groups excluding carboxylic acids is 2. The number of halogens is 2. The molecule has 7 nitrogen and oxygen atoms in total. The Hall–Kier alpha value is -3.40. The average Bonchev–Trinajstić information content (AvgIpc) is 3.07. The standard InChI is InChI=1S/C21H18F2N2O5S/c1-28-15-7-3-13(4-8-15)11-17-19(27)25(21(24-17)31-12-18(26)29-2)14-5-9-16(10-6-14)30-20(22)23/h3-11,20H,12H2,1-2H3. The van der Waals surface area contributed by atoms with Gasteiger partial charge in [-0.15, -0.1) is 0 Å². The van der Waals surface area contributed by atoms with E-state index in [4.69, 9.17) is 4.74 Å². The number of rotatable bonds is 7. The molecule has 1 aliphatic rings. The number of amidine groups is 1. The second-order valence-corrected chi connectivity index (χ2v) is 7.02. The van der Waals surface area contributed by atoms with Gasteiger partial charge in [0, 0.05) is 0 Å². The highest BCUT2D eigenvalue weighted by molar-refractivity contribution is 8.14. The number of methoxy groups -OCH3 is 2. The maximum Gasteiger partial charge on any atom is 0.387 e. The Kier molecular flexibility index (Phi) is 7.24. The molecular weight excluding hydrogens is 430 g/mol. The molecule has 0 bridgehead atoms. The molecule has 0 radical (unpaired) electrons. The van der Waals surface area contributed by atoms with E-state index in [1.54, 1.807) is 37.5 Å². The summed E-state index contributed by atoms with van der Waals surface area (Å²) in [6, 6.07) is 12.6. The molecule has 1 aliphatic heterocycles. The third-order valence-corrected chi connectivity index (χ3v) is 5.03. The molecular formula is C21H18F2N2O5S. The van der Waals surface area contributed by atoms with Crippen molar-refractivity contribution < 1.29 is 32.6 Å². The molecule has 0 aromatic heterocycles. The number of alkyl halides is 2. The summed E-state index contributed by atoms with van der Waals surface area (Å²) in [6.45, 7) is -2.95. The molecule has 0 aliphatic carbocycles. The lowest BCUT2D eigenvalue weighted by atomic mass is 10.2. The minimum absolute atomic E-state index is 0.0416. The summed E-state index contributed by atoms with van der Waals surface area (Å²) >= 11 is 1.03. The minimum Gasteiger partial charge on any atom is -0.497 e. The molecule has 162 valence electrons. The summed E-state index contributed by atoms with van der Waals surface area (Å²) < 4.78 is 38.9. The van der Waals surface area contributed by atoms with Gasteiger partial charge in [0.05, 0.1) is 25.7 Å². The molecule has 0 unspecified atom stereocenters. The Morgan fingerprint density at radius 2 is 1.74 bits per heavy atom. The van der Waals surface area contributed by atoms with Crippen LogP contribution in [0.15, 0.2) is 59.2 Å². The van der Waals surface area contributed by atoms with E-state index in [0.29, 0.717) is 11.4 Å². The quantitative estimate of drug-likeness (QED) is 0.472. The van der Waals surface area contributed by atoms with Crippen LogP contribution in [0.25, 0.3) is 6.08 Å². The first-order chi connectivity index (χ1) is 14.9. The van der Waals surface area contributed by atoms with Crippen LogP contribution in [0.3, 0.4) is 0 Å². The molecule has 1 heterocycles. The van der Waals surface area contributed by atoms with Gasteiger partial charge >= 0.3 is 12.6 Å². The maximum absolute atomic E-state index is 13.1. The Morgan fingerprint density at radius 1 is 1.10 bits per heavy atom. The highest BCUT2D eigenvalue weighted by atomic mass is 32.2. The fraction of sp³-hybridized carbons (Fsp3) is 0.190. The maximum atomic E-state index is 13.1. The minimum atomic E-state index is -2.95. The van der Waals surface area contributed by atoms with Crippen molar-refractivity contribution in [1.29, 1.82) is 0 Å². The monoisotopic (exact) mass is 448 g/mol. The zero-order valence-corrected chi connectivity index (χ0v) is 17.4. The number of carbonyl (C=O) groups is 2. The molecule has 0 atom stereocenters. The number of nitrogens with zero attached hydrogens (tertiary/aromatic N) is 2. The van der Waals surface area contributed by atoms with Crippen LogP contribution in [0.4, 0.5) is 14.5 Å².